The van der Waals surface area contributed by atoms with Crippen LogP contribution in [0.5, 0.6) is 0 Å². The van der Waals surface area contributed by atoms with Crippen LogP contribution in [0, 0.1) is 5.92 Å². The first-order valence-electron chi connectivity index (χ1n) is 7.30. The van der Waals surface area contributed by atoms with Gasteiger partial charge in [-0.3, -0.25) is 0 Å². The third kappa shape index (κ3) is 2.89. The minimum Gasteiger partial charge on any atom is -0.314 e. The summed E-state index contributed by atoms with van der Waals surface area (Å²) in [6.45, 7) is 3.42. The number of nitrogens with one attached hydrogen (secondary N) is 1. The van der Waals surface area contributed by atoms with Crippen molar-refractivity contribution < 1.29 is 8.42 Å². The van der Waals surface area contributed by atoms with E-state index in [4.69, 9.17) is 0 Å². The second kappa shape index (κ2) is 5.10. The lowest BCUT2D eigenvalue weighted by atomic mass is 9.97. The normalized spacial score (nSPS) is 39.9. The number of nitrogens with zero attached hydrogens (tertiary/aromatic N) is 1. The predicted octanol–water partition coefficient (Wildman–Crippen LogP) is 0.638. The minimum absolute atomic E-state index is 0.358. The SMILES string of the molecule is O=S1(=O)CCC(CNC2CCN3CCCC3C2)C1. The van der Waals surface area contributed by atoms with E-state index in [9.17, 15) is 8.42 Å². The zero-order valence-electron chi connectivity index (χ0n) is 11.0. The maximum absolute atomic E-state index is 11.4. The second-order valence-corrected chi connectivity index (χ2v) is 8.46. The molecule has 3 saturated heterocycles. The Hall–Kier alpha value is -0.130. The standard InChI is InChI=1S/C13H24N2O2S/c16-18(17)7-4-11(10-18)9-14-12-3-6-15-5-1-2-13(15)8-12/h11-14H,1-10H2. The van der Waals surface area contributed by atoms with E-state index in [1.807, 2.05) is 0 Å². The van der Waals surface area contributed by atoms with E-state index in [1.54, 1.807) is 0 Å². The van der Waals surface area contributed by atoms with Crippen LogP contribution in [0.4, 0.5) is 0 Å². The van der Waals surface area contributed by atoms with Gasteiger partial charge in [0.2, 0.25) is 0 Å². The van der Waals surface area contributed by atoms with Crippen LogP contribution >= 0.6 is 0 Å². The van der Waals surface area contributed by atoms with Crippen molar-refractivity contribution in [3.05, 3.63) is 0 Å². The number of sulfone groups is 1. The molecule has 0 amide bonds. The number of rotatable bonds is 3. The fourth-order valence-corrected chi connectivity index (χ4v) is 5.64. The Bertz CT molecular complexity index is 396. The Morgan fingerprint density at radius 3 is 2.83 bits per heavy atom. The maximum atomic E-state index is 11.4. The predicted molar refractivity (Wildman–Crippen MR) is 72.4 cm³/mol. The highest BCUT2D eigenvalue weighted by Crippen LogP contribution is 2.27. The van der Waals surface area contributed by atoms with Gasteiger partial charge < -0.3 is 10.2 Å². The quantitative estimate of drug-likeness (QED) is 0.819. The molecular weight excluding hydrogens is 248 g/mol. The first kappa shape index (κ1) is 12.9. The Kier molecular flexibility index (Phi) is 3.65. The molecule has 18 heavy (non-hydrogen) atoms. The first-order chi connectivity index (χ1) is 8.62. The van der Waals surface area contributed by atoms with Crippen molar-refractivity contribution in [1.29, 1.82) is 0 Å². The average Bonchev–Trinajstić information content (AvgIpc) is 2.92. The first-order valence-corrected chi connectivity index (χ1v) is 9.12. The van der Waals surface area contributed by atoms with Gasteiger partial charge in [-0.2, -0.15) is 0 Å². The van der Waals surface area contributed by atoms with Gasteiger partial charge in [-0.1, -0.05) is 0 Å². The van der Waals surface area contributed by atoms with Crippen LogP contribution in [0.25, 0.3) is 0 Å². The summed E-state index contributed by atoms with van der Waals surface area (Å²) in [6.07, 6.45) is 6.07. The third-order valence-electron chi connectivity index (χ3n) is 4.84. The Labute approximate surface area is 110 Å². The van der Waals surface area contributed by atoms with Gasteiger partial charge in [-0.05, 0) is 57.7 Å². The molecule has 3 aliphatic heterocycles. The molecule has 0 spiro atoms. The van der Waals surface area contributed by atoms with E-state index >= 15 is 0 Å². The van der Waals surface area contributed by atoms with Gasteiger partial charge in [0.05, 0.1) is 11.5 Å². The van der Waals surface area contributed by atoms with Crippen LogP contribution in [-0.4, -0.2) is 56.5 Å². The van der Waals surface area contributed by atoms with Crippen molar-refractivity contribution in [2.24, 2.45) is 5.92 Å². The molecule has 3 rings (SSSR count). The second-order valence-electron chi connectivity index (χ2n) is 6.23. The summed E-state index contributed by atoms with van der Waals surface area (Å²) < 4.78 is 22.8. The molecule has 104 valence electrons. The molecule has 0 aromatic heterocycles. The monoisotopic (exact) mass is 272 g/mol. The van der Waals surface area contributed by atoms with Crippen LogP contribution in [-0.2, 0) is 9.84 Å². The van der Waals surface area contributed by atoms with Crippen molar-refractivity contribution >= 4 is 9.84 Å². The van der Waals surface area contributed by atoms with Crippen LogP contribution in [0.2, 0.25) is 0 Å². The minimum atomic E-state index is -2.71. The Morgan fingerprint density at radius 1 is 1.17 bits per heavy atom. The van der Waals surface area contributed by atoms with Crippen LogP contribution in [0.3, 0.4) is 0 Å². The van der Waals surface area contributed by atoms with E-state index in [1.165, 1.54) is 38.8 Å². The number of hydrogen-bond acceptors (Lipinski definition) is 4. The van der Waals surface area contributed by atoms with E-state index in [0.717, 1.165) is 19.0 Å². The summed E-state index contributed by atoms with van der Waals surface area (Å²) in [5.74, 6) is 1.17. The molecule has 3 fully saturated rings. The number of piperidine rings is 1. The molecule has 0 bridgehead atoms. The van der Waals surface area contributed by atoms with Crippen LogP contribution in [0.1, 0.15) is 32.1 Å². The fraction of sp³-hybridized carbons (Fsp3) is 1.00. The summed E-state index contributed by atoms with van der Waals surface area (Å²) in [5, 5.41) is 3.62. The highest BCUT2D eigenvalue weighted by Gasteiger charge is 2.33. The van der Waals surface area contributed by atoms with E-state index in [-0.39, 0.29) is 0 Å². The lowest BCUT2D eigenvalue weighted by Crippen LogP contribution is -2.46. The lowest BCUT2D eigenvalue weighted by Gasteiger charge is -2.35. The van der Waals surface area contributed by atoms with Gasteiger partial charge in [-0.15, -0.1) is 0 Å². The molecule has 1 N–H and O–H groups in total. The van der Waals surface area contributed by atoms with E-state index in [0.29, 0.717) is 23.5 Å². The van der Waals surface area contributed by atoms with Crippen LogP contribution in [0.15, 0.2) is 0 Å². The smallest absolute Gasteiger partial charge is 0.150 e. The molecule has 4 nitrogen and oxygen atoms in total. The summed E-state index contributed by atoms with van der Waals surface area (Å²) in [7, 11) is -2.71. The van der Waals surface area contributed by atoms with E-state index < -0.39 is 9.84 Å². The summed E-state index contributed by atoms with van der Waals surface area (Å²) in [5.41, 5.74) is 0. The van der Waals surface area contributed by atoms with Gasteiger partial charge in [0.25, 0.3) is 0 Å². The molecule has 0 aliphatic carbocycles. The Morgan fingerprint density at radius 2 is 2.06 bits per heavy atom. The van der Waals surface area contributed by atoms with Crippen molar-refractivity contribution in [3.8, 4) is 0 Å². The van der Waals surface area contributed by atoms with Crippen molar-refractivity contribution in [3.63, 3.8) is 0 Å². The molecule has 3 heterocycles. The van der Waals surface area contributed by atoms with Crippen molar-refractivity contribution in [2.45, 2.75) is 44.2 Å². The molecule has 0 aromatic rings. The van der Waals surface area contributed by atoms with Crippen molar-refractivity contribution in [2.75, 3.05) is 31.1 Å². The maximum Gasteiger partial charge on any atom is 0.150 e. The average molecular weight is 272 g/mol. The number of hydrogen-bond donors (Lipinski definition) is 1. The molecule has 0 radical (unpaired) electrons. The lowest BCUT2D eigenvalue weighted by molar-refractivity contribution is 0.165. The van der Waals surface area contributed by atoms with Gasteiger partial charge in [0.15, 0.2) is 9.84 Å². The van der Waals surface area contributed by atoms with Gasteiger partial charge in [-0.25, -0.2) is 8.42 Å². The molecule has 3 aliphatic rings. The zero-order valence-corrected chi connectivity index (χ0v) is 11.8. The largest absolute Gasteiger partial charge is 0.314 e. The molecule has 3 atom stereocenters. The van der Waals surface area contributed by atoms with E-state index in [2.05, 4.69) is 10.2 Å². The van der Waals surface area contributed by atoms with Gasteiger partial charge in [0.1, 0.15) is 0 Å². The fourth-order valence-electron chi connectivity index (χ4n) is 3.78. The molecule has 3 unspecified atom stereocenters. The number of fused-ring (bicyclic) bond motifs is 1. The molecular formula is C13H24N2O2S. The highest BCUT2D eigenvalue weighted by atomic mass is 32.2. The molecule has 5 heteroatoms. The molecule has 0 saturated carbocycles. The topological polar surface area (TPSA) is 49.4 Å². The zero-order chi connectivity index (χ0) is 12.6. The van der Waals surface area contributed by atoms with Gasteiger partial charge in [0, 0.05) is 12.1 Å². The summed E-state index contributed by atoms with van der Waals surface area (Å²) in [6, 6.07) is 1.41. The van der Waals surface area contributed by atoms with Gasteiger partial charge >= 0.3 is 0 Å². The molecule has 0 aromatic carbocycles. The van der Waals surface area contributed by atoms with Crippen LogP contribution < -0.4 is 5.32 Å². The third-order valence-corrected chi connectivity index (χ3v) is 6.68. The van der Waals surface area contributed by atoms with Crippen molar-refractivity contribution in [1.82, 2.24) is 10.2 Å². The Balaban J connectivity index is 1.44. The highest BCUT2D eigenvalue weighted by molar-refractivity contribution is 7.91. The summed E-state index contributed by atoms with van der Waals surface area (Å²) >= 11 is 0. The summed E-state index contributed by atoms with van der Waals surface area (Å²) in [4.78, 5) is 2.62.